The Morgan fingerprint density at radius 3 is 2.47 bits per heavy atom. The highest BCUT2D eigenvalue weighted by Crippen LogP contribution is 2.20. The highest BCUT2D eigenvalue weighted by Gasteiger charge is 2.12. The number of aromatic amines is 1. The number of aromatic nitrogens is 2. The number of hydrogen-bond donors (Lipinski definition) is 2. The standard InChI is InChI=1S/C11H7N3O5/c15-10-8(11(16)17)5-9(12-13-10)6-1-3-7(4-2-6)14(18)19/h1-5H,(H,13,15)(H,16,17). The number of carboxylic acids is 1. The Morgan fingerprint density at radius 1 is 1.32 bits per heavy atom. The first-order valence-corrected chi connectivity index (χ1v) is 5.07. The van der Waals surface area contributed by atoms with Crippen LogP contribution in [0.4, 0.5) is 5.69 Å². The second-order valence-electron chi connectivity index (χ2n) is 3.61. The van der Waals surface area contributed by atoms with Crippen molar-refractivity contribution >= 4 is 11.7 Å². The van der Waals surface area contributed by atoms with Crippen molar-refractivity contribution in [3.8, 4) is 11.3 Å². The molecule has 96 valence electrons. The van der Waals surface area contributed by atoms with Crippen LogP contribution in [0, 0.1) is 10.1 Å². The van der Waals surface area contributed by atoms with E-state index < -0.39 is 22.0 Å². The second kappa shape index (κ2) is 4.69. The van der Waals surface area contributed by atoms with Gasteiger partial charge in [-0.2, -0.15) is 5.10 Å². The number of carbonyl (C=O) groups is 1. The van der Waals surface area contributed by atoms with Gasteiger partial charge in [0.2, 0.25) is 0 Å². The molecule has 19 heavy (non-hydrogen) atoms. The van der Waals surface area contributed by atoms with Gasteiger partial charge in [0.1, 0.15) is 5.56 Å². The summed E-state index contributed by atoms with van der Waals surface area (Å²) in [5.41, 5.74) is -0.663. The quantitative estimate of drug-likeness (QED) is 0.627. The number of benzene rings is 1. The summed E-state index contributed by atoms with van der Waals surface area (Å²) in [5, 5.41) is 25.1. The molecule has 0 spiro atoms. The fourth-order valence-corrected chi connectivity index (χ4v) is 1.47. The van der Waals surface area contributed by atoms with Crippen LogP contribution < -0.4 is 5.56 Å². The normalized spacial score (nSPS) is 10.1. The van der Waals surface area contributed by atoms with Crippen LogP contribution in [-0.2, 0) is 0 Å². The summed E-state index contributed by atoms with van der Waals surface area (Å²) >= 11 is 0. The third-order valence-corrected chi connectivity index (χ3v) is 2.41. The van der Waals surface area contributed by atoms with Gasteiger partial charge in [-0.1, -0.05) is 0 Å². The lowest BCUT2D eigenvalue weighted by Gasteiger charge is -2.01. The summed E-state index contributed by atoms with van der Waals surface area (Å²) in [7, 11) is 0. The summed E-state index contributed by atoms with van der Waals surface area (Å²) in [4.78, 5) is 32.0. The smallest absolute Gasteiger partial charge is 0.341 e. The molecule has 0 bridgehead atoms. The van der Waals surface area contributed by atoms with Gasteiger partial charge in [0.15, 0.2) is 0 Å². The van der Waals surface area contributed by atoms with Crippen LogP contribution in [0.2, 0.25) is 0 Å². The summed E-state index contributed by atoms with van der Waals surface area (Å²) in [6, 6.07) is 6.49. The van der Waals surface area contributed by atoms with E-state index in [1.54, 1.807) is 0 Å². The number of carboxylic acid groups (broad SMARTS) is 1. The average Bonchev–Trinajstić information content (AvgIpc) is 2.39. The minimum absolute atomic E-state index is 0.0911. The molecule has 2 aromatic rings. The molecule has 2 rings (SSSR count). The highest BCUT2D eigenvalue weighted by molar-refractivity contribution is 5.88. The molecular weight excluding hydrogens is 254 g/mol. The molecular formula is C11H7N3O5. The highest BCUT2D eigenvalue weighted by atomic mass is 16.6. The number of nitro groups is 1. The molecule has 8 heteroatoms. The van der Waals surface area contributed by atoms with Crippen molar-refractivity contribution in [3.63, 3.8) is 0 Å². The van der Waals surface area contributed by atoms with Crippen molar-refractivity contribution in [1.82, 2.24) is 10.2 Å². The molecule has 2 N–H and O–H groups in total. The molecule has 8 nitrogen and oxygen atoms in total. The molecule has 0 aliphatic carbocycles. The summed E-state index contributed by atoms with van der Waals surface area (Å²) in [6.45, 7) is 0. The van der Waals surface area contributed by atoms with Gasteiger partial charge >= 0.3 is 5.97 Å². The fourth-order valence-electron chi connectivity index (χ4n) is 1.47. The van der Waals surface area contributed by atoms with Gasteiger partial charge < -0.3 is 5.11 Å². The minimum Gasteiger partial charge on any atom is -0.477 e. The van der Waals surface area contributed by atoms with E-state index in [1.165, 1.54) is 24.3 Å². The van der Waals surface area contributed by atoms with Gasteiger partial charge in [0.05, 0.1) is 10.6 Å². The second-order valence-corrected chi connectivity index (χ2v) is 3.61. The number of aromatic carboxylic acids is 1. The Bertz CT molecular complexity index is 705. The number of nitro benzene ring substituents is 1. The fraction of sp³-hybridized carbons (Fsp3) is 0. The molecule has 0 unspecified atom stereocenters. The monoisotopic (exact) mass is 261 g/mol. The van der Waals surface area contributed by atoms with Crippen LogP contribution in [0.1, 0.15) is 10.4 Å². The van der Waals surface area contributed by atoms with Gasteiger partial charge in [-0.05, 0) is 18.2 Å². The van der Waals surface area contributed by atoms with E-state index in [9.17, 15) is 19.7 Å². The predicted molar refractivity (Wildman–Crippen MR) is 63.9 cm³/mol. The van der Waals surface area contributed by atoms with E-state index in [2.05, 4.69) is 10.2 Å². The van der Waals surface area contributed by atoms with E-state index in [1.807, 2.05) is 0 Å². The Hall–Kier alpha value is -3.03. The largest absolute Gasteiger partial charge is 0.477 e. The van der Waals surface area contributed by atoms with Gasteiger partial charge in [-0.3, -0.25) is 14.9 Å². The van der Waals surface area contributed by atoms with E-state index in [4.69, 9.17) is 5.11 Å². The lowest BCUT2D eigenvalue weighted by molar-refractivity contribution is -0.384. The van der Waals surface area contributed by atoms with Gasteiger partial charge in [0, 0.05) is 17.7 Å². The van der Waals surface area contributed by atoms with Crippen molar-refractivity contribution in [2.24, 2.45) is 0 Å². The zero-order valence-corrected chi connectivity index (χ0v) is 9.36. The van der Waals surface area contributed by atoms with E-state index >= 15 is 0 Å². The zero-order valence-electron chi connectivity index (χ0n) is 9.36. The number of non-ortho nitro benzene ring substituents is 1. The van der Waals surface area contributed by atoms with E-state index in [0.717, 1.165) is 6.07 Å². The number of nitrogens with zero attached hydrogens (tertiary/aromatic N) is 2. The van der Waals surface area contributed by atoms with Gasteiger partial charge in [0.25, 0.3) is 11.2 Å². The Kier molecular flexibility index (Phi) is 3.06. The summed E-state index contributed by atoms with van der Waals surface area (Å²) < 4.78 is 0. The molecule has 1 aromatic carbocycles. The maximum absolute atomic E-state index is 11.2. The van der Waals surface area contributed by atoms with Crippen LogP contribution in [0.25, 0.3) is 11.3 Å². The molecule has 0 fully saturated rings. The van der Waals surface area contributed by atoms with Crippen LogP contribution in [0.3, 0.4) is 0 Å². The van der Waals surface area contributed by atoms with Crippen LogP contribution in [0.5, 0.6) is 0 Å². The predicted octanol–water partition coefficient (Wildman–Crippen LogP) is 1.04. The number of H-pyrrole nitrogens is 1. The van der Waals surface area contributed by atoms with Crippen molar-refractivity contribution in [2.75, 3.05) is 0 Å². The molecule has 0 amide bonds. The van der Waals surface area contributed by atoms with Crippen LogP contribution >= 0.6 is 0 Å². The van der Waals surface area contributed by atoms with E-state index in [0.29, 0.717) is 5.56 Å². The Balaban J connectivity index is 2.47. The SMILES string of the molecule is O=C(O)c1cc(-c2ccc([N+](=O)[O-])cc2)n[nH]c1=O. The number of rotatable bonds is 3. The summed E-state index contributed by atoms with van der Waals surface area (Å²) in [5.74, 6) is -1.37. The van der Waals surface area contributed by atoms with E-state index in [-0.39, 0.29) is 11.4 Å². The first-order chi connectivity index (χ1) is 8.99. The molecule has 0 aliphatic rings. The molecule has 0 aliphatic heterocycles. The molecule has 1 aromatic heterocycles. The molecule has 0 atom stereocenters. The first-order valence-electron chi connectivity index (χ1n) is 5.07. The lowest BCUT2D eigenvalue weighted by Crippen LogP contribution is -2.18. The Morgan fingerprint density at radius 2 is 1.95 bits per heavy atom. The Labute approximate surface area is 105 Å². The maximum Gasteiger partial charge on any atom is 0.341 e. The zero-order chi connectivity index (χ0) is 14.0. The molecule has 1 heterocycles. The van der Waals surface area contributed by atoms with Crippen molar-refractivity contribution in [2.45, 2.75) is 0 Å². The van der Waals surface area contributed by atoms with Crippen LogP contribution in [0.15, 0.2) is 35.1 Å². The molecule has 0 saturated heterocycles. The molecule has 0 saturated carbocycles. The van der Waals surface area contributed by atoms with Gasteiger partial charge in [-0.25, -0.2) is 9.89 Å². The van der Waals surface area contributed by atoms with Crippen LogP contribution in [-0.4, -0.2) is 26.2 Å². The minimum atomic E-state index is -1.37. The number of nitrogens with one attached hydrogen (secondary N) is 1. The lowest BCUT2D eigenvalue weighted by atomic mass is 10.1. The third-order valence-electron chi connectivity index (χ3n) is 2.41. The summed E-state index contributed by atoms with van der Waals surface area (Å²) in [6.07, 6.45) is 0. The topological polar surface area (TPSA) is 126 Å². The maximum atomic E-state index is 11.2. The van der Waals surface area contributed by atoms with Crippen molar-refractivity contribution < 1.29 is 14.8 Å². The average molecular weight is 261 g/mol. The third kappa shape index (κ3) is 2.46. The first kappa shape index (κ1) is 12.4. The number of hydrogen-bond acceptors (Lipinski definition) is 5. The van der Waals surface area contributed by atoms with Gasteiger partial charge in [-0.15, -0.1) is 0 Å². The van der Waals surface area contributed by atoms with Crippen molar-refractivity contribution in [3.05, 3.63) is 56.4 Å². The molecule has 0 radical (unpaired) electrons. The van der Waals surface area contributed by atoms with Crippen molar-refractivity contribution in [1.29, 1.82) is 0 Å².